The Morgan fingerprint density at radius 1 is 0.825 bits per heavy atom. The number of hydrogen-bond acceptors (Lipinski definition) is 4. The summed E-state index contributed by atoms with van der Waals surface area (Å²) < 4.78 is 5.75. The molecular weight excluding hydrogens is 545 g/mol. The van der Waals surface area contributed by atoms with Crippen LogP contribution in [-0.4, -0.2) is 17.8 Å². The molecule has 1 heterocycles. The van der Waals surface area contributed by atoms with Crippen LogP contribution in [0.4, 0.5) is 5.69 Å². The van der Waals surface area contributed by atoms with E-state index in [2.05, 4.69) is 24.3 Å². The maximum atomic E-state index is 14.5. The lowest BCUT2D eigenvalue weighted by Crippen LogP contribution is -2.49. The first-order chi connectivity index (χ1) is 19.3. The number of rotatable bonds is 4. The monoisotopic (exact) mass is 567 g/mol. The fraction of sp³-hybridized carbons (Fsp3) is 0.182. The normalized spacial score (nSPS) is 24.0. The second-order valence-electron chi connectivity index (χ2n) is 10.8. The van der Waals surface area contributed by atoms with Gasteiger partial charge in [0.2, 0.25) is 11.8 Å². The number of ether oxygens (including phenoxy) is 1. The third kappa shape index (κ3) is 3.51. The van der Waals surface area contributed by atoms with Gasteiger partial charge in [-0.25, -0.2) is 4.90 Å². The molecule has 0 saturated carbocycles. The van der Waals surface area contributed by atoms with Crippen molar-refractivity contribution >= 4 is 46.7 Å². The van der Waals surface area contributed by atoms with Gasteiger partial charge in [0.25, 0.3) is 0 Å². The molecule has 2 unspecified atom stereocenters. The molecule has 4 aromatic rings. The quantitative estimate of drug-likeness (QED) is 0.152. The summed E-state index contributed by atoms with van der Waals surface area (Å²) in [6.07, 6.45) is -0.00373. The average Bonchev–Trinajstić information content (AvgIpc) is 3.16. The second-order valence-corrected chi connectivity index (χ2v) is 11.7. The highest BCUT2D eigenvalue weighted by Crippen LogP contribution is 2.67. The van der Waals surface area contributed by atoms with Crippen molar-refractivity contribution in [1.29, 1.82) is 0 Å². The molecule has 4 aromatic carbocycles. The average molecular weight is 568 g/mol. The zero-order valence-corrected chi connectivity index (χ0v) is 22.9. The molecule has 7 heteroatoms. The van der Waals surface area contributed by atoms with E-state index in [1.54, 1.807) is 30.3 Å². The van der Waals surface area contributed by atoms with Crippen LogP contribution in [-0.2, 0) is 20.8 Å². The fourth-order valence-electron chi connectivity index (χ4n) is 7.02. The maximum Gasteiger partial charge on any atom is 0.315 e. The van der Waals surface area contributed by atoms with Gasteiger partial charge in [-0.2, -0.15) is 0 Å². The fourth-order valence-corrected chi connectivity index (χ4v) is 7.32. The minimum atomic E-state index is -1.02. The molecule has 0 N–H and O–H groups in total. The van der Waals surface area contributed by atoms with Gasteiger partial charge in [0.05, 0.1) is 23.4 Å². The van der Waals surface area contributed by atoms with Gasteiger partial charge < -0.3 is 4.74 Å². The smallest absolute Gasteiger partial charge is 0.315 e. The molecular formula is C33H23Cl2NO4. The van der Waals surface area contributed by atoms with Crippen molar-refractivity contribution in [2.75, 3.05) is 4.90 Å². The highest BCUT2D eigenvalue weighted by Gasteiger charge is 2.69. The second kappa shape index (κ2) is 9.05. The van der Waals surface area contributed by atoms with E-state index in [9.17, 15) is 14.4 Å². The van der Waals surface area contributed by atoms with E-state index in [0.29, 0.717) is 10.0 Å². The molecule has 0 radical (unpaired) electrons. The predicted octanol–water partition coefficient (Wildman–Crippen LogP) is 6.93. The van der Waals surface area contributed by atoms with E-state index < -0.39 is 17.3 Å². The van der Waals surface area contributed by atoms with E-state index in [4.69, 9.17) is 27.9 Å². The number of halogens is 2. The Labute approximate surface area is 241 Å². The lowest BCUT2D eigenvalue weighted by atomic mass is 9.48. The summed E-state index contributed by atoms with van der Waals surface area (Å²) in [4.78, 5) is 42.9. The number of carbonyl (C=O) groups excluding carboxylic acids is 3. The van der Waals surface area contributed by atoms with Crippen LogP contribution < -0.4 is 9.64 Å². The Bertz CT molecular complexity index is 1690. The molecule has 3 aliphatic carbocycles. The Morgan fingerprint density at radius 2 is 1.40 bits per heavy atom. The molecule has 1 saturated heterocycles. The summed E-state index contributed by atoms with van der Waals surface area (Å²) >= 11 is 12.3. The number of carbonyl (C=O) groups is 3. The lowest BCUT2D eigenvalue weighted by Gasteiger charge is -2.51. The van der Waals surface area contributed by atoms with Gasteiger partial charge in [-0.15, -0.1) is 0 Å². The van der Waals surface area contributed by atoms with E-state index in [-0.39, 0.29) is 41.5 Å². The SMILES string of the molecule is CC12C(=O)N(c3cc(Cl)ccc3OC(=O)Cc3ccc(Cl)cc3)C(=O)C1C1c3ccccc3C2c2ccccc21. The van der Waals surface area contributed by atoms with Crippen molar-refractivity contribution in [3.05, 3.63) is 129 Å². The molecule has 1 fully saturated rings. The molecule has 0 spiro atoms. The largest absolute Gasteiger partial charge is 0.424 e. The highest BCUT2D eigenvalue weighted by molar-refractivity contribution is 6.32. The van der Waals surface area contributed by atoms with Crippen LogP contribution in [0.15, 0.2) is 91.0 Å². The maximum absolute atomic E-state index is 14.5. The first kappa shape index (κ1) is 25.1. The van der Waals surface area contributed by atoms with E-state index in [1.807, 2.05) is 31.2 Å². The zero-order valence-electron chi connectivity index (χ0n) is 21.4. The molecule has 2 bridgehead atoms. The first-order valence-electron chi connectivity index (χ1n) is 13.1. The summed E-state index contributed by atoms with van der Waals surface area (Å²) in [7, 11) is 0. The summed E-state index contributed by atoms with van der Waals surface area (Å²) in [6, 6.07) is 27.7. The molecule has 198 valence electrons. The number of imide groups is 1. The minimum Gasteiger partial charge on any atom is -0.424 e. The van der Waals surface area contributed by atoms with Crippen molar-refractivity contribution in [3.8, 4) is 5.75 Å². The van der Waals surface area contributed by atoms with Crippen LogP contribution >= 0.6 is 23.2 Å². The molecule has 2 amide bonds. The van der Waals surface area contributed by atoms with Crippen LogP contribution in [0, 0.1) is 11.3 Å². The minimum absolute atomic E-state index is 0.00373. The lowest BCUT2D eigenvalue weighted by molar-refractivity contribution is -0.134. The number of anilines is 1. The van der Waals surface area contributed by atoms with Crippen LogP contribution in [0.1, 0.15) is 46.6 Å². The molecule has 2 atom stereocenters. The zero-order chi connectivity index (χ0) is 27.8. The number of amides is 2. The Hall–Kier alpha value is -3.93. The number of nitrogens with zero attached hydrogens (tertiary/aromatic N) is 1. The van der Waals surface area contributed by atoms with Crippen molar-refractivity contribution in [1.82, 2.24) is 0 Å². The van der Waals surface area contributed by atoms with Gasteiger partial charge in [-0.3, -0.25) is 14.4 Å². The van der Waals surface area contributed by atoms with Gasteiger partial charge in [-0.05, 0) is 65.1 Å². The topological polar surface area (TPSA) is 63.7 Å². The Morgan fingerprint density at radius 3 is 2.02 bits per heavy atom. The Kier molecular flexibility index (Phi) is 5.67. The van der Waals surface area contributed by atoms with E-state index >= 15 is 0 Å². The summed E-state index contributed by atoms with van der Waals surface area (Å²) in [6.45, 7) is 1.90. The van der Waals surface area contributed by atoms with Gasteiger partial charge in [0.15, 0.2) is 5.75 Å². The van der Waals surface area contributed by atoms with Gasteiger partial charge in [0.1, 0.15) is 0 Å². The Balaban J connectivity index is 1.30. The highest BCUT2D eigenvalue weighted by atomic mass is 35.5. The van der Waals surface area contributed by atoms with E-state index in [0.717, 1.165) is 27.8 Å². The molecule has 5 nitrogen and oxygen atoms in total. The number of benzene rings is 4. The third-order valence-corrected chi connectivity index (χ3v) is 9.15. The van der Waals surface area contributed by atoms with Crippen molar-refractivity contribution in [2.45, 2.75) is 25.2 Å². The predicted molar refractivity (Wildman–Crippen MR) is 153 cm³/mol. The molecule has 40 heavy (non-hydrogen) atoms. The van der Waals surface area contributed by atoms with Crippen molar-refractivity contribution in [3.63, 3.8) is 0 Å². The number of hydrogen-bond donors (Lipinski definition) is 0. The molecule has 0 aromatic heterocycles. The van der Waals surface area contributed by atoms with Crippen LogP contribution in [0.5, 0.6) is 5.75 Å². The molecule has 8 rings (SSSR count). The third-order valence-electron chi connectivity index (χ3n) is 8.66. The van der Waals surface area contributed by atoms with Crippen LogP contribution in [0.25, 0.3) is 0 Å². The van der Waals surface area contributed by atoms with E-state index in [1.165, 1.54) is 17.0 Å². The van der Waals surface area contributed by atoms with Crippen molar-refractivity contribution < 1.29 is 19.1 Å². The molecule has 1 aliphatic heterocycles. The van der Waals surface area contributed by atoms with Crippen molar-refractivity contribution in [2.24, 2.45) is 11.3 Å². The van der Waals surface area contributed by atoms with Crippen LogP contribution in [0.3, 0.4) is 0 Å². The summed E-state index contributed by atoms with van der Waals surface area (Å²) in [5.74, 6) is -2.22. The van der Waals surface area contributed by atoms with Gasteiger partial charge in [0, 0.05) is 21.9 Å². The summed E-state index contributed by atoms with van der Waals surface area (Å²) in [5, 5.41) is 0.888. The number of esters is 1. The first-order valence-corrected chi connectivity index (χ1v) is 13.9. The van der Waals surface area contributed by atoms with Gasteiger partial charge >= 0.3 is 5.97 Å². The van der Waals surface area contributed by atoms with Crippen LogP contribution in [0.2, 0.25) is 10.0 Å². The summed E-state index contributed by atoms with van der Waals surface area (Å²) in [5.41, 5.74) is 4.20. The molecule has 4 aliphatic rings. The standard InChI is InChI=1S/C33H23Cl2NO4/c1-33-29-23-8-4-2-6-21(23)28(22-7-3-5-9-24(22)29)30(33)31(38)36(32(33)39)25-17-20(35)14-15-26(25)40-27(37)16-18-10-12-19(34)13-11-18/h2-15,17,28-30H,16H2,1H3. The van der Waals surface area contributed by atoms with Gasteiger partial charge in [-0.1, -0.05) is 83.9 Å².